The van der Waals surface area contributed by atoms with E-state index in [1.54, 1.807) is 35.6 Å². The van der Waals surface area contributed by atoms with Crippen LogP contribution in [0.15, 0.2) is 46.8 Å². The SMILES string of the molecule is CCCCCCCCCC(O)CC(=O)N1C(=O)[C@H]([C@H](O)CCl)NC(=O)/C(=C(\C)O)NC(=O)[C@H](Cc2ccccc2)NC(=O)[C@H](CCCN=C(N)N)NC(=O)[C@@H](CCN)NC(=O)[C@H](CCN)NC(=O)[C@@H](CO)NC(=O)[C@H]([C@H](O)C(=O)O)NC(=O)[C@@H]1CO. The van der Waals surface area contributed by atoms with Crippen molar-refractivity contribution >= 4 is 82.6 Å². The van der Waals surface area contributed by atoms with Crippen LogP contribution in [0.1, 0.15) is 103 Å². The van der Waals surface area contributed by atoms with Crippen LogP contribution in [-0.4, -0.2) is 217 Å². The maximum atomic E-state index is 14.9. The number of amides is 10. The number of alkyl halides is 1. The van der Waals surface area contributed by atoms with Crippen molar-refractivity contribution in [2.45, 2.75) is 170 Å². The van der Waals surface area contributed by atoms with Gasteiger partial charge in [0.1, 0.15) is 59.8 Å². The number of nitrogens with two attached hydrogens (primary N) is 4. The number of guanidine groups is 1. The molecule has 0 bridgehead atoms. The minimum atomic E-state index is -2.95. The van der Waals surface area contributed by atoms with E-state index < -0.39 is 169 Å². The maximum Gasteiger partial charge on any atom is 0.335 e. The lowest BCUT2D eigenvalue weighted by Crippen LogP contribution is -2.66. The quantitative estimate of drug-likeness (QED) is 0.0103. The molecule has 1 aromatic carbocycles. The Bertz CT molecular complexity index is 2510. The predicted molar refractivity (Wildman–Crippen MR) is 308 cm³/mol. The zero-order valence-corrected chi connectivity index (χ0v) is 48.8. The molecule has 1 fully saturated rings. The van der Waals surface area contributed by atoms with E-state index >= 15 is 0 Å². The summed E-state index contributed by atoms with van der Waals surface area (Å²) in [6.07, 6.45) is -3.54. The highest BCUT2D eigenvalue weighted by atomic mass is 35.5. The fourth-order valence-corrected chi connectivity index (χ4v) is 8.87. The molecular weight excluding hydrogens is 1160 g/mol. The number of benzene rings is 1. The van der Waals surface area contributed by atoms with Crippen molar-refractivity contribution in [2.75, 3.05) is 38.7 Å². The van der Waals surface area contributed by atoms with Gasteiger partial charge in [0.05, 0.1) is 37.7 Å². The van der Waals surface area contributed by atoms with E-state index in [1.807, 2.05) is 17.6 Å². The van der Waals surface area contributed by atoms with Gasteiger partial charge in [0, 0.05) is 13.0 Å². The van der Waals surface area contributed by atoms with Crippen molar-refractivity contribution in [1.82, 2.24) is 47.4 Å². The first-order chi connectivity index (χ1) is 40.8. The van der Waals surface area contributed by atoms with Crippen molar-refractivity contribution in [3.8, 4) is 0 Å². The van der Waals surface area contributed by atoms with Gasteiger partial charge < -0.3 is 101 Å². The Hall–Kier alpha value is -7.59. The summed E-state index contributed by atoms with van der Waals surface area (Å²) in [6, 6.07) is -8.62. The van der Waals surface area contributed by atoms with Crippen LogP contribution in [0, 0.1) is 0 Å². The Kier molecular flexibility index (Phi) is 33.9. The molecule has 33 heteroatoms. The number of aliphatic hydroxyl groups excluding tert-OH is 6. The number of imide groups is 1. The van der Waals surface area contributed by atoms with Crippen molar-refractivity contribution in [1.29, 1.82) is 0 Å². The standard InChI is InChI=1S/C53H85ClN14O18/c1-3-4-5-6-7-8-12-16-30(72)24-38(74)68-36(27-70)48(81)67-41(42(75)52(85)86)50(83)64-35(26-69)47(80)62-33(19-21-56)45(78)61-32(18-20-55)44(77)60-31(17-13-22-59-53(57)58)43(76)63-34(23-29-14-10-9-11-15-29)46(79)65-39(28(2)71)49(82)66-40(51(68)84)37(73)25-54/h9-11,14-15,30-37,40-42,69-73,75H,3-8,12-13,16-27,55-56H2,1-2H3,(H,60,77)(H,61,78)(H,62,80)(H,63,76)(H,64,83)(H,65,79)(H,66,82)(H,67,81)(H,85,86)(H4,57,58,59)/b39-28-/t30?,31-,32+,33-,34-,35+,36-,37+,40-,41-,42-/m0/s1. The number of carbonyl (C=O) groups is 11. The van der Waals surface area contributed by atoms with Crippen molar-refractivity contribution in [3.05, 3.63) is 47.4 Å². The second-order valence-corrected chi connectivity index (χ2v) is 20.6. The van der Waals surface area contributed by atoms with Crippen LogP contribution >= 0.6 is 11.6 Å². The number of rotatable bonds is 26. The van der Waals surface area contributed by atoms with Crippen LogP contribution < -0.4 is 65.5 Å². The highest BCUT2D eigenvalue weighted by Gasteiger charge is 2.45. The third-order valence-corrected chi connectivity index (χ3v) is 13.7. The van der Waals surface area contributed by atoms with E-state index in [-0.39, 0.29) is 69.0 Å². The van der Waals surface area contributed by atoms with Crippen LogP contribution in [-0.2, 0) is 59.2 Å². The number of halogens is 1. The summed E-state index contributed by atoms with van der Waals surface area (Å²) < 4.78 is 0. The van der Waals surface area contributed by atoms with Gasteiger partial charge in [0.15, 0.2) is 12.1 Å². The molecule has 2 rings (SSSR count). The summed E-state index contributed by atoms with van der Waals surface area (Å²) in [4.78, 5) is 159. The fraction of sp³-hybridized carbons (Fsp3) is 0.623. The number of carboxylic acid groups (broad SMARTS) is 1. The second-order valence-electron chi connectivity index (χ2n) is 20.2. The van der Waals surface area contributed by atoms with Gasteiger partial charge in [0.25, 0.3) is 11.8 Å². The highest BCUT2D eigenvalue weighted by Crippen LogP contribution is 2.18. The summed E-state index contributed by atoms with van der Waals surface area (Å²) in [7, 11) is 0. The van der Waals surface area contributed by atoms with Crippen LogP contribution in [0.25, 0.3) is 0 Å². The number of hydrogen-bond donors (Lipinski definition) is 19. The zero-order chi connectivity index (χ0) is 64.6. The lowest BCUT2D eigenvalue weighted by Gasteiger charge is -2.34. The second kappa shape index (κ2) is 39.2. The van der Waals surface area contributed by atoms with E-state index in [0.717, 1.165) is 39.0 Å². The zero-order valence-electron chi connectivity index (χ0n) is 48.1. The number of aliphatic carboxylic acids is 1. The van der Waals surface area contributed by atoms with E-state index in [2.05, 4.69) is 31.6 Å². The number of carbonyl (C=O) groups excluding carboxylic acids is 10. The molecule has 0 aromatic heterocycles. The van der Waals surface area contributed by atoms with Gasteiger partial charge in [-0.1, -0.05) is 82.2 Å². The molecule has 0 spiro atoms. The van der Waals surface area contributed by atoms with E-state index in [4.69, 9.17) is 34.5 Å². The maximum absolute atomic E-state index is 14.9. The van der Waals surface area contributed by atoms with Crippen LogP contribution in [0.2, 0.25) is 0 Å². The van der Waals surface area contributed by atoms with Crippen LogP contribution in [0.4, 0.5) is 0 Å². The third kappa shape index (κ3) is 24.8. The molecule has 10 amide bonds. The van der Waals surface area contributed by atoms with Gasteiger partial charge in [-0.2, -0.15) is 0 Å². The van der Waals surface area contributed by atoms with E-state index in [1.165, 1.54) is 0 Å². The number of nitrogens with zero attached hydrogens (tertiary/aromatic N) is 2. The molecule has 482 valence electrons. The van der Waals surface area contributed by atoms with Gasteiger partial charge in [-0.3, -0.25) is 57.8 Å². The minimum absolute atomic E-state index is 0.000146. The number of hydrogen-bond acceptors (Lipinski definition) is 20. The summed E-state index contributed by atoms with van der Waals surface area (Å²) in [5.41, 5.74) is 21.9. The summed E-state index contributed by atoms with van der Waals surface area (Å²) in [5.74, 6) is -18.7. The Morgan fingerprint density at radius 1 is 0.640 bits per heavy atom. The molecular formula is C53H85ClN14O18. The molecule has 0 saturated carbocycles. The highest BCUT2D eigenvalue weighted by molar-refractivity contribution is 6.18. The van der Waals surface area contributed by atoms with Crippen LogP contribution in [0.5, 0.6) is 0 Å². The van der Waals surface area contributed by atoms with Gasteiger partial charge in [-0.05, 0) is 57.7 Å². The first-order valence-electron chi connectivity index (χ1n) is 28.0. The number of allylic oxidation sites excluding steroid dienone is 1. The minimum Gasteiger partial charge on any atom is -0.510 e. The van der Waals surface area contributed by atoms with Crippen LogP contribution in [0.3, 0.4) is 0 Å². The summed E-state index contributed by atoms with van der Waals surface area (Å²) in [5, 5.41) is 92.7. The van der Waals surface area contributed by atoms with Gasteiger partial charge in [-0.25, -0.2) is 4.79 Å². The predicted octanol–water partition coefficient (Wildman–Crippen LogP) is -6.06. The normalized spacial score (nSPS) is 23.7. The third-order valence-electron chi connectivity index (χ3n) is 13.4. The number of unbranched alkanes of at least 4 members (excludes halogenated alkanes) is 6. The van der Waals surface area contributed by atoms with Gasteiger partial charge in [-0.15, -0.1) is 11.6 Å². The van der Waals surface area contributed by atoms with Gasteiger partial charge in [0.2, 0.25) is 47.3 Å². The molecule has 1 unspecified atom stereocenters. The molecule has 23 N–H and O–H groups in total. The number of nitrogens with one attached hydrogen (secondary N) is 8. The van der Waals surface area contributed by atoms with Crippen molar-refractivity contribution in [2.24, 2.45) is 27.9 Å². The van der Waals surface area contributed by atoms with E-state index in [0.29, 0.717) is 18.4 Å². The molecule has 0 aliphatic carbocycles. The molecule has 1 aliphatic rings. The van der Waals surface area contributed by atoms with Crippen molar-refractivity contribution < 1.29 is 88.5 Å². The molecule has 32 nitrogen and oxygen atoms in total. The number of carboxylic acids is 1. The number of aliphatic hydroxyl groups is 6. The smallest absolute Gasteiger partial charge is 0.335 e. The number of aliphatic imine (C=N–C) groups is 1. The topological polar surface area (TPSA) is 545 Å². The van der Waals surface area contributed by atoms with E-state index in [9.17, 15) is 88.5 Å². The largest absolute Gasteiger partial charge is 0.510 e. The Morgan fingerprint density at radius 2 is 1.16 bits per heavy atom. The van der Waals surface area contributed by atoms with Gasteiger partial charge >= 0.3 is 5.97 Å². The summed E-state index contributed by atoms with van der Waals surface area (Å²) in [6.45, 7) is -0.671. The first kappa shape index (κ1) is 74.5. The molecule has 1 aliphatic heterocycles. The first-order valence-corrected chi connectivity index (χ1v) is 28.6. The molecule has 0 radical (unpaired) electrons. The van der Waals surface area contributed by atoms with Crippen molar-refractivity contribution in [3.63, 3.8) is 0 Å². The average molecular weight is 1240 g/mol. The lowest BCUT2D eigenvalue weighted by molar-refractivity contribution is -0.159. The molecule has 1 aromatic rings. The average Bonchev–Trinajstić information content (AvgIpc) is 1.68. The summed E-state index contributed by atoms with van der Waals surface area (Å²) >= 11 is 6.02. The molecule has 1 heterocycles. The molecule has 86 heavy (non-hydrogen) atoms. The monoisotopic (exact) mass is 1240 g/mol. The molecule has 11 atom stereocenters. The molecule has 1 saturated heterocycles. The lowest BCUT2D eigenvalue weighted by atomic mass is 10.0. The Balaban J connectivity index is 3.01. The fourth-order valence-electron chi connectivity index (χ4n) is 8.70. The Morgan fingerprint density at radius 3 is 1.66 bits per heavy atom. The Labute approximate surface area is 501 Å².